The third-order valence-electron chi connectivity index (χ3n) is 8.44. The molecule has 1 aliphatic carbocycles. The number of nitrogens with one attached hydrogen (secondary N) is 1. The monoisotopic (exact) mass is 418 g/mol. The third kappa shape index (κ3) is 3.56. The summed E-state index contributed by atoms with van der Waals surface area (Å²) in [7, 11) is 0. The Kier molecular flexibility index (Phi) is 5.80. The quantitative estimate of drug-likeness (QED) is 0.737. The van der Waals surface area contributed by atoms with Crippen LogP contribution >= 0.6 is 0 Å². The molecule has 5 rings (SSSR count). The molecule has 0 bridgehead atoms. The molecule has 0 aromatic rings. The van der Waals surface area contributed by atoms with Crippen LogP contribution in [0.25, 0.3) is 0 Å². The van der Waals surface area contributed by atoms with Crippen molar-refractivity contribution in [2.24, 2.45) is 5.92 Å². The first-order chi connectivity index (χ1) is 14.5. The molecule has 1 N–H and O–H groups in total. The molecule has 5 aliphatic rings. The molecule has 0 spiro atoms. The number of ether oxygens (including phenoxy) is 1. The fourth-order valence-corrected chi connectivity index (χ4v) is 7.14. The number of fused-ring (bicyclic) bond motifs is 2. The van der Waals surface area contributed by atoms with Gasteiger partial charge in [-0.25, -0.2) is 0 Å². The van der Waals surface area contributed by atoms with Crippen LogP contribution in [0.15, 0.2) is 0 Å². The molecular weight excluding hydrogens is 380 g/mol. The maximum absolute atomic E-state index is 13.4. The number of amides is 2. The molecule has 0 aromatic heterocycles. The van der Waals surface area contributed by atoms with E-state index < -0.39 is 0 Å². The van der Waals surface area contributed by atoms with Gasteiger partial charge < -0.3 is 19.9 Å². The average molecular weight is 419 g/mol. The molecule has 7 nitrogen and oxygen atoms in total. The largest absolute Gasteiger partial charge is 0.368 e. The van der Waals surface area contributed by atoms with Gasteiger partial charge in [-0.15, -0.1) is 0 Å². The summed E-state index contributed by atoms with van der Waals surface area (Å²) in [5.41, 5.74) is 0. The first-order valence-electron chi connectivity index (χ1n) is 12.2. The van der Waals surface area contributed by atoms with E-state index >= 15 is 0 Å². The van der Waals surface area contributed by atoms with E-state index in [1.54, 1.807) is 6.92 Å². The Morgan fingerprint density at radius 1 is 1.00 bits per heavy atom. The Labute approximate surface area is 180 Å². The minimum Gasteiger partial charge on any atom is -0.368 e. The van der Waals surface area contributed by atoms with E-state index in [0.29, 0.717) is 31.3 Å². The molecule has 168 valence electrons. The second-order valence-electron chi connectivity index (χ2n) is 10.2. The summed E-state index contributed by atoms with van der Waals surface area (Å²) in [6.07, 6.45) is 9.12. The Morgan fingerprint density at radius 2 is 1.87 bits per heavy atom. The second-order valence-corrected chi connectivity index (χ2v) is 10.2. The van der Waals surface area contributed by atoms with E-state index in [2.05, 4.69) is 26.9 Å². The van der Waals surface area contributed by atoms with Crippen LogP contribution in [0.2, 0.25) is 0 Å². The topological polar surface area (TPSA) is 65.1 Å². The predicted molar refractivity (Wildman–Crippen MR) is 114 cm³/mol. The number of piperidine rings is 1. The first-order valence-corrected chi connectivity index (χ1v) is 12.2. The van der Waals surface area contributed by atoms with E-state index in [1.165, 1.54) is 25.8 Å². The number of rotatable bonds is 2. The number of carbonyl (C=O) groups excluding carboxylic acids is 2. The first kappa shape index (κ1) is 20.7. The zero-order valence-corrected chi connectivity index (χ0v) is 18.6. The summed E-state index contributed by atoms with van der Waals surface area (Å²) in [5, 5.41) is 3.75. The van der Waals surface area contributed by atoms with Crippen LogP contribution < -0.4 is 5.32 Å². The van der Waals surface area contributed by atoms with Gasteiger partial charge in [-0.05, 0) is 70.8 Å². The van der Waals surface area contributed by atoms with Crippen molar-refractivity contribution in [1.82, 2.24) is 20.0 Å². The van der Waals surface area contributed by atoms with Gasteiger partial charge in [0.15, 0.2) is 0 Å². The molecule has 7 unspecified atom stereocenters. The second kappa shape index (κ2) is 8.40. The van der Waals surface area contributed by atoms with Gasteiger partial charge in [-0.3, -0.25) is 14.5 Å². The van der Waals surface area contributed by atoms with Gasteiger partial charge in [0.2, 0.25) is 5.91 Å². The number of nitrogens with zero attached hydrogens (tertiary/aromatic N) is 3. The van der Waals surface area contributed by atoms with Gasteiger partial charge in [-0.2, -0.15) is 0 Å². The highest BCUT2D eigenvalue weighted by molar-refractivity contribution is 5.82. The van der Waals surface area contributed by atoms with Crippen LogP contribution in [-0.2, 0) is 14.3 Å². The third-order valence-corrected chi connectivity index (χ3v) is 8.44. The Morgan fingerprint density at radius 3 is 2.63 bits per heavy atom. The van der Waals surface area contributed by atoms with E-state index in [1.807, 2.05) is 0 Å². The SMILES string of the molecule is CC(=O)N1C(C)CN(C(=O)C2CCCO2)C2CC(C3CNC4CCCCN43)CCC21. The molecule has 7 heteroatoms. The molecule has 2 amide bonds. The molecule has 30 heavy (non-hydrogen) atoms. The van der Waals surface area contributed by atoms with Gasteiger partial charge in [0, 0.05) is 38.7 Å². The van der Waals surface area contributed by atoms with Gasteiger partial charge in [0.05, 0.1) is 18.2 Å². The highest BCUT2D eigenvalue weighted by atomic mass is 16.5. The minimum absolute atomic E-state index is 0.0743. The van der Waals surface area contributed by atoms with Crippen molar-refractivity contribution in [2.75, 3.05) is 26.2 Å². The predicted octanol–water partition coefficient (Wildman–Crippen LogP) is 1.57. The van der Waals surface area contributed by atoms with Crippen molar-refractivity contribution >= 4 is 11.8 Å². The lowest BCUT2D eigenvalue weighted by molar-refractivity contribution is -0.160. The number of piperazine rings is 1. The zero-order valence-electron chi connectivity index (χ0n) is 18.6. The van der Waals surface area contributed by atoms with Crippen molar-refractivity contribution < 1.29 is 14.3 Å². The molecule has 0 aromatic carbocycles. The zero-order chi connectivity index (χ0) is 20.8. The standard InChI is InChI=1S/C23H38N4O3/c1-15-14-26(23(29)21-6-5-11-30-21)19-12-17(8-9-18(19)27(15)16(2)28)20-13-24-22-7-3-4-10-25(20)22/h15,17-22,24H,3-14H2,1-2H3. The molecule has 7 atom stereocenters. The number of carbonyl (C=O) groups is 2. The van der Waals surface area contributed by atoms with Crippen LogP contribution in [0.1, 0.15) is 65.2 Å². The highest BCUT2D eigenvalue weighted by Crippen LogP contribution is 2.40. The fourth-order valence-electron chi connectivity index (χ4n) is 7.14. The maximum Gasteiger partial charge on any atom is 0.252 e. The summed E-state index contributed by atoms with van der Waals surface area (Å²) in [5.74, 6) is 0.904. The van der Waals surface area contributed by atoms with Gasteiger partial charge in [0.25, 0.3) is 5.91 Å². The van der Waals surface area contributed by atoms with Crippen LogP contribution in [0, 0.1) is 5.92 Å². The summed E-state index contributed by atoms with van der Waals surface area (Å²) >= 11 is 0. The van der Waals surface area contributed by atoms with Crippen molar-refractivity contribution in [1.29, 1.82) is 0 Å². The Balaban J connectivity index is 1.37. The fraction of sp³-hybridized carbons (Fsp3) is 0.913. The van der Waals surface area contributed by atoms with Crippen molar-refractivity contribution in [3.8, 4) is 0 Å². The Hall–Kier alpha value is -1.18. The van der Waals surface area contributed by atoms with Crippen molar-refractivity contribution in [2.45, 2.75) is 102 Å². The smallest absolute Gasteiger partial charge is 0.252 e. The number of hydrogen-bond acceptors (Lipinski definition) is 5. The average Bonchev–Trinajstić information content (AvgIpc) is 3.42. The summed E-state index contributed by atoms with van der Waals surface area (Å²) in [6.45, 7) is 7.39. The Bertz CT molecular complexity index is 667. The van der Waals surface area contributed by atoms with E-state index in [0.717, 1.165) is 38.6 Å². The molecule has 4 heterocycles. The molecule has 5 fully saturated rings. The molecule has 4 saturated heterocycles. The lowest BCUT2D eigenvalue weighted by Gasteiger charge is -2.55. The van der Waals surface area contributed by atoms with Crippen LogP contribution in [0.3, 0.4) is 0 Å². The summed E-state index contributed by atoms with van der Waals surface area (Å²) in [6, 6.07) is 0.926. The van der Waals surface area contributed by atoms with E-state index in [4.69, 9.17) is 4.74 Å². The van der Waals surface area contributed by atoms with Crippen LogP contribution in [-0.4, -0.2) is 89.2 Å². The van der Waals surface area contributed by atoms with Gasteiger partial charge >= 0.3 is 0 Å². The van der Waals surface area contributed by atoms with Crippen molar-refractivity contribution in [3.05, 3.63) is 0 Å². The van der Waals surface area contributed by atoms with Crippen LogP contribution in [0.5, 0.6) is 0 Å². The van der Waals surface area contributed by atoms with Gasteiger partial charge in [-0.1, -0.05) is 0 Å². The van der Waals surface area contributed by atoms with Crippen LogP contribution in [0.4, 0.5) is 0 Å². The molecule has 0 radical (unpaired) electrons. The highest BCUT2D eigenvalue weighted by Gasteiger charge is 2.50. The van der Waals surface area contributed by atoms with E-state index in [-0.39, 0.29) is 36.0 Å². The molecule has 1 saturated carbocycles. The molecular formula is C23H38N4O3. The number of hydrogen-bond donors (Lipinski definition) is 1. The summed E-state index contributed by atoms with van der Waals surface area (Å²) < 4.78 is 5.76. The van der Waals surface area contributed by atoms with E-state index in [9.17, 15) is 9.59 Å². The maximum atomic E-state index is 13.4. The van der Waals surface area contributed by atoms with Gasteiger partial charge in [0.1, 0.15) is 6.10 Å². The van der Waals surface area contributed by atoms with Crippen molar-refractivity contribution in [3.63, 3.8) is 0 Å². The molecule has 4 aliphatic heterocycles. The summed E-state index contributed by atoms with van der Waals surface area (Å²) in [4.78, 5) is 32.8. The minimum atomic E-state index is -0.276. The lowest BCUT2D eigenvalue weighted by Crippen LogP contribution is -2.68. The normalized spacial score (nSPS) is 42.1. The lowest BCUT2D eigenvalue weighted by atomic mass is 9.75.